The van der Waals surface area contributed by atoms with Crippen molar-refractivity contribution in [2.45, 2.75) is 18.2 Å². The van der Waals surface area contributed by atoms with Gasteiger partial charge in [0.1, 0.15) is 11.0 Å². The summed E-state index contributed by atoms with van der Waals surface area (Å²) < 4.78 is 43.7. The van der Waals surface area contributed by atoms with E-state index in [0.29, 0.717) is 0 Å². The van der Waals surface area contributed by atoms with E-state index < -0.39 is 24.2 Å². The number of aromatic carboxylic acids is 1. The molecule has 1 aromatic heterocycles. The predicted molar refractivity (Wildman–Crippen MR) is 102 cm³/mol. The van der Waals surface area contributed by atoms with E-state index in [1.807, 2.05) is 0 Å². The molecular formula is C18H11Cl2F3N4O3. The molecule has 2 aromatic carbocycles. The van der Waals surface area contributed by atoms with Crippen molar-refractivity contribution in [2.24, 2.45) is 12.2 Å². The summed E-state index contributed by atoms with van der Waals surface area (Å²) >= 11 is 11.8. The van der Waals surface area contributed by atoms with Gasteiger partial charge in [0.15, 0.2) is 0 Å². The Morgan fingerprint density at radius 3 is 2.50 bits per heavy atom. The minimum absolute atomic E-state index is 0.0142. The van der Waals surface area contributed by atoms with Crippen LogP contribution in [-0.4, -0.2) is 38.0 Å². The molecule has 156 valence electrons. The minimum atomic E-state index is -4.85. The van der Waals surface area contributed by atoms with Crippen LogP contribution in [0.1, 0.15) is 27.9 Å². The molecule has 0 spiro atoms. The predicted octanol–water partition coefficient (Wildman–Crippen LogP) is 4.56. The molecule has 0 fully saturated rings. The molecule has 0 saturated carbocycles. The lowest BCUT2D eigenvalue weighted by atomic mass is 9.86. The van der Waals surface area contributed by atoms with Crippen LogP contribution < -0.4 is 0 Å². The molecule has 1 aliphatic rings. The van der Waals surface area contributed by atoms with Gasteiger partial charge in [-0.05, 0) is 30.3 Å². The van der Waals surface area contributed by atoms with Gasteiger partial charge in [-0.15, -0.1) is 5.10 Å². The van der Waals surface area contributed by atoms with Gasteiger partial charge in [-0.2, -0.15) is 13.2 Å². The SMILES string of the molecule is Cn1nnc2c(C3=NOC(c4cc(Cl)cc(Cl)c4)(C(F)(F)F)C3)ccc(C(=O)O)c21. The molecule has 0 aliphatic carbocycles. The molecule has 0 bridgehead atoms. The number of carbonyl (C=O) groups is 1. The Kier molecular flexibility index (Phi) is 4.66. The number of oxime groups is 1. The number of rotatable bonds is 3. The molecular weight excluding hydrogens is 448 g/mol. The first-order valence-electron chi connectivity index (χ1n) is 8.38. The number of halogens is 5. The summed E-state index contributed by atoms with van der Waals surface area (Å²) in [5.41, 5.74) is -2.84. The van der Waals surface area contributed by atoms with Crippen molar-refractivity contribution < 1.29 is 27.9 Å². The topological polar surface area (TPSA) is 89.6 Å². The summed E-state index contributed by atoms with van der Waals surface area (Å²) in [4.78, 5) is 16.5. The molecule has 2 heterocycles. The number of carboxylic acids is 1. The fourth-order valence-electron chi connectivity index (χ4n) is 3.41. The molecule has 1 aliphatic heterocycles. The molecule has 3 aromatic rings. The number of benzene rings is 2. The molecule has 0 radical (unpaired) electrons. The van der Waals surface area contributed by atoms with Gasteiger partial charge in [0.05, 0.1) is 17.7 Å². The van der Waals surface area contributed by atoms with Gasteiger partial charge < -0.3 is 9.94 Å². The molecule has 1 unspecified atom stereocenters. The Labute approximate surface area is 176 Å². The largest absolute Gasteiger partial charge is 0.478 e. The van der Waals surface area contributed by atoms with Crippen LogP contribution in [0.25, 0.3) is 11.0 Å². The van der Waals surface area contributed by atoms with Gasteiger partial charge in [0.25, 0.3) is 5.60 Å². The fraction of sp³-hybridized carbons (Fsp3) is 0.222. The summed E-state index contributed by atoms with van der Waals surface area (Å²) in [6.07, 6.45) is -5.54. The highest BCUT2D eigenvalue weighted by molar-refractivity contribution is 6.34. The second-order valence-corrected chi connectivity index (χ2v) is 7.54. The van der Waals surface area contributed by atoms with Crippen LogP contribution >= 0.6 is 23.2 Å². The number of hydrogen-bond donors (Lipinski definition) is 1. The molecule has 1 atom stereocenters. The molecule has 0 saturated heterocycles. The zero-order valence-electron chi connectivity index (χ0n) is 15.0. The van der Waals surface area contributed by atoms with Crippen LogP contribution in [0.2, 0.25) is 10.0 Å². The van der Waals surface area contributed by atoms with E-state index in [9.17, 15) is 23.1 Å². The van der Waals surface area contributed by atoms with Crippen molar-refractivity contribution in [1.29, 1.82) is 0 Å². The average Bonchev–Trinajstić information content (AvgIpc) is 3.25. The van der Waals surface area contributed by atoms with Gasteiger partial charge in [0.2, 0.25) is 0 Å². The van der Waals surface area contributed by atoms with E-state index in [-0.39, 0.29) is 43.5 Å². The summed E-state index contributed by atoms with van der Waals surface area (Å²) in [5, 5.41) is 20.8. The molecule has 0 amide bonds. The van der Waals surface area contributed by atoms with Crippen LogP contribution in [0, 0.1) is 0 Å². The summed E-state index contributed by atoms with van der Waals surface area (Å²) in [5.74, 6) is -1.22. The smallest absolute Gasteiger partial charge is 0.435 e. The number of aromatic nitrogens is 3. The van der Waals surface area contributed by atoms with Gasteiger partial charge in [-0.1, -0.05) is 33.6 Å². The Morgan fingerprint density at radius 1 is 1.23 bits per heavy atom. The lowest BCUT2D eigenvalue weighted by Crippen LogP contribution is -2.42. The lowest BCUT2D eigenvalue weighted by Gasteiger charge is -2.29. The van der Waals surface area contributed by atoms with Crippen LogP contribution in [0.5, 0.6) is 0 Å². The number of fused-ring (bicyclic) bond motifs is 1. The maximum Gasteiger partial charge on any atom is 0.435 e. The van der Waals surface area contributed by atoms with Gasteiger partial charge >= 0.3 is 12.1 Å². The first kappa shape index (κ1) is 20.4. The van der Waals surface area contributed by atoms with E-state index in [1.165, 1.54) is 29.9 Å². The standard InChI is InChI=1S/C18H11Cl2F3N4O3/c1-27-15-12(16(28)29)3-2-11(14(15)24-26-27)13-7-17(30-25-13,18(21,22)23)8-4-9(19)6-10(20)5-8/h2-6H,7H2,1H3,(H,28,29). The Morgan fingerprint density at radius 2 is 1.90 bits per heavy atom. The molecule has 4 rings (SSSR count). The molecule has 1 N–H and O–H groups in total. The van der Waals surface area contributed by atoms with Crippen molar-refractivity contribution in [3.05, 3.63) is 57.1 Å². The first-order chi connectivity index (χ1) is 14.0. The van der Waals surface area contributed by atoms with Gasteiger partial charge in [0, 0.05) is 28.2 Å². The summed E-state index contributed by atoms with van der Waals surface area (Å²) in [7, 11) is 1.48. The van der Waals surface area contributed by atoms with E-state index in [4.69, 9.17) is 28.0 Å². The Hall–Kier alpha value is -2.85. The maximum absolute atomic E-state index is 14.1. The monoisotopic (exact) mass is 458 g/mol. The van der Waals surface area contributed by atoms with Gasteiger partial charge in [-0.25, -0.2) is 9.48 Å². The fourth-order valence-corrected chi connectivity index (χ4v) is 3.93. The van der Waals surface area contributed by atoms with E-state index in [2.05, 4.69) is 15.5 Å². The van der Waals surface area contributed by atoms with E-state index >= 15 is 0 Å². The van der Waals surface area contributed by atoms with Gasteiger partial charge in [-0.3, -0.25) is 0 Å². The quantitative estimate of drug-likeness (QED) is 0.621. The zero-order chi connectivity index (χ0) is 21.8. The maximum atomic E-state index is 14.1. The highest BCUT2D eigenvalue weighted by atomic mass is 35.5. The van der Waals surface area contributed by atoms with Crippen LogP contribution in [0.3, 0.4) is 0 Å². The summed E-state index contributed by atoms with van der Waals surface area (Å²) in [6, 6.07) is 6.13. The third-order valence-corrected chi connectivity index (χ3v) is 5.25. The van der Waals surface area contributed by atoms with Crippen molar-refractivity contribution in [1.82, 2.24) is 15.0 Å². The highest BCUT2D eigenvalue weighted by Crippen LogP contribution is 2.50. The second kappa shape index (κ2) is 6.85. The first-order valence-corrected chi connectivity index (χ1v) is 9.13. The number of alkyl halides is 3. The molecule has 7 nitrogen and oxygen atoms in total. The van der Waals surface area contributed by atoms with E-state index in [0.717, 1.165) is 12.1 Å². The normalized spacial score (nSPS) is 19.1. The third kappa shape index (κ3) is 3.07. The van der Waals surface area contributed by atoms with Crippen LogP contribution in [0.4, 0.5) is 13.2 Å². The van der Waals surface area contributed by atoms with Crippen molar-refractivity contribution in [3.8, 4) is 0 Å². The van der Waals surface area contributed by atoms with E-state index in [1.54, 1.807) is 0 Å². The second-order valence-electron chi connectivity index (χ2n) is 6.67. The Bertz CT molecular complexity index is 1210. The van der Waals surface area contributed by atoms with Crippen molar-refractivity contribution in [3.63, 3.8) is 0 Å². The average molecular weight is 459 g/mol. The lowest BCUT2D eigenvalue weighted by molar-refractivity contribution is -0.275. The van der Waals surface area contributed by atoms with Crippen molar-refractivity contribution >= 4 is 45.9 Å². The van der Waals surface area contributed by atoms with Crippen LogP contribution in [0.15, 0.2) is 35.5 Å². The highest BCUT2D eigenvalue weighted by Gasteiger charge is 2.62. The third-order valence-electron chi connectivity index (χ3n) is 4.81. The Balaban J connectivity index is 1.84. The number of hydrogen-bond acceptors (Lipinski definition) is 5. The van der Waals surface area contributed by atoms with Crippen LogP contribution in [-0.2, 0) is 17.5 Å². The molecule has 12 heteroatoms. The molecule has 30 heavy (non-hydrogen) atoms. The number of nitrogens with zero attached hydrogens (tertiary/aromatic N) is 4. The van der Waals surface area contributed by atoms with Crippen molar-refractivity contribution in [2.75, 3.05) is 0 Å². The minimum Gasteiger partial charge on any atom is -0.478 e. The summed E-state index contributed by atoms with van der Waals surface area (Å²) in [6.45, 7) is 0. The number of aryl methyl sites for hydroxylation is 1. The number of carboxylic acid groups (broad SMARTS) is 1. The zero-order valence-corrected chi connectivity index (χ0v) is 16.5.